The van der Waals surface area contributed by atoms with Crippen LogP contribution >= 0.6 is 0 Å². The zero-order valence-corrected chi connectivity index (χ0v) is 10.1. The zero-order valence-electron chi connectivity index (χ0n) is 10.1. The van der Waals surface area contributed by atoms with Gasteiger partial charge in [0.1, 0.15) is 0 Å². The van der Waals surface area contributed by atoms with Crippen LogP contribution in [0.5, 0.6) is 0 Å². The van der Waals surface area contributed by atoms with Crippen molar-refractivity contribution in [3.05, 3.63) is 79.9 Å². The zero-order chi connectivity index (χ0) is 11.2. The minimum absolute atomic E-state index is 0. The molecule has 0 heterocycles. The molecule has 0 aliphatic heterocycles. The molecule has 0 atom stereocenters. The Balaban J connectivity index is 0.00000144. The van der Waals surface area contributed by atoms with Crippen LogP contribution in [0.2, 0.25) is 0 Å². The average molecular weight is 215 g/mol. The maximum Gasteiger partial charge on any atom is 1.00 e. The second-order valence-electron chi connectivity index (χ2n) is 3.43. The third-order valence-electron chi connectivity index (χ3n) is 2.32. The molecule has 0 radical (unpaired) electrons. The van der Waals surface area contributed by atoms with Crippen LogP contribution in [-0.4, -0.2) is 0 Å². The number of benzene rings is 2. The number of hydrogen-bond acceptors (Lipinski definition) is 1. The number of rotatable bonds is 3. The van der Waals surface area contributed by atoms with Gasteiger partial charge in [0.2, 0.25) is 0 Å². The van der Waals surface area contributed by atoms with E-state index in [9.17, 15) is 0 Å². The predicted molar refractivity (Wildman–Crippen MR) is 69.5 cm³/mol. The molecule has 0 bridgehead atoms. The van der Waals surface area contributed by atoms with Gasteiger partial charge in [-0.3, -0.25) is 0 Å². The molecule has 2 heteroatoms. The SMILES string of the molecule is [CH2-]/C=C/N(c1ccccc1)c1ccccc1.[Li+]. The van der Waals surface area contributed by atoms with Crippen molar-refractivity contribution in [2.24, 2.45) is 0 Å². The Morgan fingerprint density at radius 3 is 1.53 bits per heavy atom. The van der Waals surface area contributed by atoms with Crippen molar-refractivity contribution < 1.29 is 18.9 Å². The van der Waals surface area contributed by atoms with Gasteiger partial charge in [0.15, 0.2) is 0 Å². The Hall–Kier alpha value is -1.55. The van der Waals surface area contributed by atoms with Gasteiger partial charge in [0.25, 0.3) is 0 Å². The molecule has 2 aromatic carbocycles. The largest absolute Gasteiger partial charge is 1.00 e. The maximum absolute atomic E-state index is 3.75. The Bertz CT molecular complexity index is 411. The van der Waals surface area contributed by atoms with Crippen LogP contribution in [0.3, 0.4) is 0 Å². The van der Waals surface area contributed by atoms with Crippen LogP contribution in [-0.2, 0) is 0 Å². The van der Waals surface area contributed by atoms with Crippen LogP contribution < -0.4 is 23.8 Å². The molecule has 0 unspecified atom stereocenters. The number of hydrogen-bond donors (Lipinski definition) is 0. The van der Waals surface area contributed by atoms with Gasteiger partial charge in [-0.25, -0.2) is 13.0 Å². The summed E-state index contributed by atoms with van der Waals surface area (Å²) in [5.41, 5.74) is 2.27. The van der Waals surface area contributed by atoms with E-state index in [4.69, 9.17) is 0 Å². The first-order valence-corrected chi connectivity index (χ1v) is 5.27. The van der Waals surface area contributed by atoms with Crippen LogP contribution in [0.15, 0.2) is 72.9 Å². The number of para-hydroxylation sites is 2. The molecular formula is C15H14LiN. The fraction of sp³-hybridized carbons (Fsp3) is 0. The van der Waals surface area contributed by atoms with Crippen LogP contribution in [0, 0.1) is 6.92 Å². The van der Waals surface area contributed by atoms with Crippen molar-refractivity contribution in [3.8, 4) is 0 Å². The van der Waals surface area contributed by atoms with Gasteiger partial charge in [-0.1, -0.05) is 36.4 Å². The predicted octanol–water partition coefficient (Wildman–Crippen LogP) is 1.18. The van der Waals surface area contributed by atoms with Crippen molar-refractivity contribution >= 4 is 11.4 Å². The van der Waals surface area contributed by atoms with E-state index >= 15 is 0 Å². The minimum atomic E-state index is 0. The molecule has 0 fully saturated rings. The minimum Gasteiger partial charge on any atom is -0.398 e. The summed E-state index contributed by atoms with van der Waals surface area (Å²) in [6.45, 7) is 3.75. The fourth-order valence-corrected chi connectivity index (χ4v) is 1.60. The van der Waals surface area contributed by atoms with Gasteiger partial charge in [0, 0.05) is 11.4 Å². The van der Waals surface area contributed by atoms with Gasteiger partial charge in [-0.2, -0.15) is 0 Å². The second-order valence-corrected chi connectivity index (χ2v) is 3.43. The number of allylic oxidation sites excluding steroid dienone is 1. The molecule has 0 aromatic heterocycles. The van der Waals surface area contributed by atoms with Crippen molar-refractivity contribution in [1.82, 2.24) is 0 Å². The summed E-state index contributed by atoms with van der Waals surface area (Å²) in [6.07, 6.45) is 3.75. The van der Waals surface area contributed by atoms with E-state index in [1.807, 2.05) is 42.6 Å². The van der Waals surface area contributed by atoms with Crippen LogP contribution in [0.1, 0.15) is 0 Å². The summed E-state index contributed by atoms with van der Waals surface area (Å²) >= 11 is 0. The molecule has 17 heavy (non-hydrogen) atoms. The normalized spacial score (nSPS) is 9.88. The van der Waals surface area contributed by atoms with E-state index < -0.39 is 0 Å². The molecule has 0 spiro atoms. The van der Waals surface area contributed by atoms with Crippen molar-refractivity contribution in [1.29, 1.82) is 0 Å². The molecule has 2 rings (SSSR count). The summed E-state index contributed by atoms with van der Waals surface area (Å²) in [5, 5.41) is 0. The van der Waals surface area contributed by atoms with Gasteiger partial charge in [-0.15, -0.1) is 6.20 Å². The van der Waals surface area contributed by atoms with Crippen molar-refractivity contribution in [3.63, 3.8) is 0 Å². The first-order valence-electron chi connectivity index (χ1n) is 5.27. The molecule has 80 valence electrons. The molecule has 0 aliphatic rings. The average Bonchev–Trinajstić information content (AvgIpc) is 2.38. The summed E-state index contributed by atoms with van der Waals surface area (Å²) in [4.78, 5) is 2.10. The fourth-order valence-electron chi connectivity index (χ4n) is 1.60. The van der Waals surface area contributed by atoms with Gasteiger partial charge >= 0.3 is 18.9 Å². The van der Waals surface area contributed by atoms with Gasteiger partial charge < -0.3 is 4.90 Å². The van der Waals surface area contributed by atoms with E-state index in [-0.39, 0.29) is 18.9 Å². The molecule has 2 aromatic rings. The van der Waals surface area contributed by atoms with Crippen molar-refractivity contribution in [2.75, 3.05) is 4.90 Å². The van der Waals surface area contributed by atoms with Crippen LogP contribution in [0.25, 0.3) is 0 Å². The molecule has 0 saturated heterocycles. The summed E-state index contributed by atoms with van der Waals surface area (Å²) < 4.78 is 0. The van der Waals surface area contributed by atoms with E-state index in [0.29, 0.717) is 0 Å². The quantitative estimate of drug-likeness (QED) is 0.549. The molecule has 0 N–H and O–H groups in total. The monoisotopic (exact) mass is 215 g/mol. The van der Waals surface area contributed by atoms with Gasteiger partial charge in [-0.05, 0) is 24.3 Å². The summed E-state index contributed by atoms with van der Waals surface area (Å²) in [5.74, 6) is 0. The smallest absolute Gasteiger partial charge is 0.398 e. The Labute approximate surface area is 115 Å². The molecule has 0 saturated carbocycles. The second kappa shape index (κ2) is 6.91. The molecule has 1 nitrogen and oxygen atoms in total. The molecule has 0 aliphatic carbocycles. The number of nitrogens with zero attached hydrogens (tertiary/aromatic N) is 1. The number of anilines is 2. The standard InChI is InChI=1S/C15H14N.Li/c1-2-13-16(14-9-5-3-6-10-14)15-11-7-4-8-12-15;/h2-13H,1H2;/q-1;+1/b13-2+;. The summed E-state index contributed by atoms with van der Waals surface area (Å²) in [6, 6.07) is 20.5. The van der Waals surface area contributed by atoms with E-state index in [2.05, 4.69) is 36.1 Å². The Morgan fingerprint density at radius 2 is 1.18 bits per heavy atom. The first kappa shape index (κ1) is 13.5. The van der Waals surface area contributed by atoms with Crippen LogP contribution in [0.4, 0.5) is 11.4 Å². The Kier molecular flexibility index (Phi) is 5.49. The third kappa shape index (κ3) is 3.46. The summed E-state index contributed by atoms with van der Waals surface area (Å²) in [7, 11) is 0. The molecular weight excluding hydrogens is 201 g/mol. The van der Waals surface area contributed by atoms with Crippen molar-refractivity contribution in [2.45, 2.75) is 0 Å². The topological polar surface area (TPSA) is 3.24 Å². The van der Waals surface area contributed by atoms with E-state index in [1.54, 1.807) is 6.08 Å². The Morgan fingerprint density at radius 1 is 0.765 bits per heavy atom. The maximum atomic E-state index is 3.75. The molecule has 0 amide bonds. The van der Waals surface area contributed by atoms with Gasteiger partial charge in [0.05, 0.1) is 0 Å². The van der Waals surface area contributed by atoms with E-state index in [1.165, 1.54) is 0 Å². The first-order chi connectivity index (χ1) is 7.92. The van der Waals surface area contributed by atoms with E-state index in [0.717, 1.165) is 11.4 Å². The third-order valence-corrected chi connectivity index (χ3v) is 2.32.